The van der Waals surface area contributed by atoms with Gasteiger partial charge in [-0.1, -0.05) is 31.5 Å². The zero-order chi connectivity index (χ0) is 30.7. The molecular weight excluding hydrogens is 528 g/mol. The predicted molar refractivity (Wildman–Crippen MR) is 169 cm³/mol. The Kier molecular flexibility index (Phi) is 9.46. The third kappa shape index (κ3) is 7.79. The average molecular weight is 575 g/mol. The number of likely N-dealkylation sites (N-methyl/N-ethyl adjacent to an activating group) is 1. The topological polar surface area (TPSA) is 88.0 Å². The molecule has 4 rings (SSSR count). The maximum Gasteiger partial charge on any atom is 0.337 e. The van der Waals surface area contributed by atoms with E-state index in [2.05, 4.69) is 35.6 Å². The number of hydrogen-bond donors (Lipinski definition) is 1. The number of pyridine rings is 2. The number of carboxylic acid groups (broad SMARTS) is 1. The van der Waals surface area contributed by atoms with E-state index >= 15 is 0 Å². The smallest absolute Gasteiger partial charge is 0.337 e. The van der Waals surface area contributed by atoms with Crippen molar-refractivity contribution >= 4 is 17.5 Å². The van der Waals surface area contributed by atoms with E-state index in [1.165, 1.54) is 5.56 Å². The lowest BCUT2D eigenvalue weighted by atomic mass is 9.82. The Morgan fingerprint density at radius 3 is 2.29 bits per heavy atom. The van der Waals surface area contributed by atoms with Crippen LogP contribution < -0.4 is 14.5 Å². The number of benzene rings is 1. The summed E-state index contributed by atoms with van der Waals surface area (Å²) in [6.45, 7) is 17.0. The Labute approximate surface area is 250 Å². The Hall–Kier alpha value is -3.65. The maximum atomic E-state index is 12.6. The molecule has 0 spiro atoms. The molecule has 226 valence electrons. The van der Waals surface area contributed by atoms with Crippen LogP contribution >= 0.6 is 0 Å². The molecule has 8 heteroatoms. The van der Waals surface area contributed by atoms with E-state index in [-0.39, 0.29) is 5.41 Å². The molecule has 1 atom stereocenters. The van der Waals surface area contributed by atoms with Crippen LogP contribution in [0.25, 0.3) is 11.1 Å². The number of piperidine rings is 1. The van der Waals surface area contributed by atoms with Crippen LogP contribution in [0.5, 0.6) is 5.75 Å². The number of ether oxygens (including phenoxy) is 2. The van der Waals surface area contributed by atoms with E-state index in [9.17, 15) is 9.90 Å². The Balaban J connectivity index is 1.64. The molecule has 0 radical (unpaired) electrons. The number of aliphatic carboxylic acids is 1. The van der Waals surface area contributed by atoms with Gasteiger partial charge in [-0.3, -0.25) is 4.98 Å². The van der Waals surface area contributed by atoms with Crippen LogP contribution in [0.1, 0.15) is 70.4 Å². The number of rotatable bonds is 10. The predicted octanol–water partition coefficient (Wildman–Crippen LogP) is 6.84. The molecule has 1 N–H and O–H groups in total. The number of carbonyl (C=O) groups is 1. The van der Waals surface area contributed by atoms with Gasteiger partial charge < -0.3 is 24.4 Å². The zero-order valence-corrected chi connectivity index (χ0v) is 26.4. The molecule has 3 heterocycles. The Morgan fingerprint density at radius 1 is 1.05 bits per heavy atom. The van der Waals surface area contributed by atoms with Gasteiger partial charge in [0.2, 0.25) is 0 Å². The molecule has 0 aliphatic carbocycles. The van der Waals surface area contributed by atoms with Gasteiger partial charge in [0.05, 0.1) is 17.8 Å². The molecule has 0 bridgehead atoms. The van der Waals surface area contributed by atoms with Crippen LogP contribution in [0.2, 0.25) is 0 Å². The summed E-state index contributed by atoms with van der Waals surface area (Å²) in [5, 5.41) is 10.3. The number of carboxylic acids is 1. The highest BCUT2D eigenvalue weighted by Crippen LogP contribution is 2.43. The van der Waals surface area contributed by atoms with Crippen molar-refractivity contribution in [2.75, 3.05) is 43.1 Å². The zero-order valence-electron chi connectivity index (χ0n) is 26.4. The number of hydrogen-bond acceptors (Lipinski definition) is 7. The van der Waals surface area contributed by atoms with Gasteiger partial charge in [-0.15, -0.1) is 0 Å². The summed E-state index contributed by atoms with van der Waals surface area (Å²) < 4.78 is 12.1. The standard InChI is InChI=1S/C34H46N4O4/c1-23-9-12-26(13-10-23)41-20-19-37(8)28-14-11-25(21-36-28)27-22-35-24(2)29(31(32(39)40)42-33(3,4)5)30(27)38-17-15-34(6,7)16-18-38/h9-14,21-22,31H,15-20H2,1-8H3,(H,39,40)/t31-/m0/s1. The van der Waals surface area contributed by atoms with Gasteiger partial charge in [0.25, 0.3) is 0 Å². The van der Waals surface area contributed by atoms with Gasteiger partial charge in [-0.25, -0.2) is 9.78 Å². The van der Waals surface area contributed by atoms with Crippen molar-refractivity contribution in [3.8, 4) is 16.9 Å². The van der Waals surface area contributed by atoms with Crippen LogP contribution in [-0.4, -0.2) is 59.9 Å². The first kappa shape index (κ1) is 31.3. The molecule has 1 saturated heterocycles. The highest BCUT2D eigenvalue weighted by atomic mass is 16.5. The highest BCUT2D eigenvalue weighted by Gasteiger charge is 2.35. The first-order valence-corrected chi connectivity index (χ1v) is 14.8. The van der Waals surface area contributed by atoms with Gasteiger partial charge in [0, 0.05) is 54.9 Å². The minimum Gasteiger partial charge on any atom is -0.492 e. The molecule has 0 saturated carbocycles. The van der Waals surface area contributed by atoms with Crippen molar-refractivity contribution in [3.63, 3.8) is 0 Å². The molecule has 42 heavy (non-hydrogen) atoms. The van der Waals surface area contributed by atoms with E-state index in [0.29, 0.717) is 24.4 Å². The monoisotopic (exact) mass is 574 g/mol. The third-order valence-corrected chi connectivity index (χ3v) is 7.84. The van der Waals surface area contributed by atoms with E-state index < -0.39 is 17.7 Å². The molecule has 1 aliphatic rings. The normalized spacial score (nSPS) is 15.8. The maximum absolute atomic E-state index is 12.6. The van der Waals surface area contributed by atoms with E-state index in [0.717, 1.165) is 54.3 Å². The summed E-state index contributed by atoms with van der Waals surface area (Å²) in [4.78, 5) is 26.4. The fourth-order valence-electron chi connectivity index (χ4n) is 5.22. The fourth-order valence-corrected chi connectivity index (χ4v) is 5.22. The van der Waals surface area contributed by atoms with E-state index in [4.69, 9.17) is 14.5 Å². The Bertz CT molecular complexity index is 1350. The first-order valence-electron chi connectivity index (χ1n) is 14.8. The van der Waals surface area contributed by atoms with Crippen molar-refractivity contribution in [3.05, 3.63) is 65.6 Å². The summed E-state index contributed by atoms with van der Waals surface area (Å²) in [6.07, 6.45) is 4.57. The lowest BCUT2D eigenvalue weighted by Crippen LogP contribution is -2.39. The molecule has 0 amide bonds. The fraction of sp³-hybridized carbons (Fsp3) is 0.500. The number of aromatic nitrogens is 2. The molecule has 1 fully saturated rings. The molecule has 0 unspecified atom stereocenters. The summed E-state index contributed by atoms with van der Waals surface area (Å²) in [6, 6.07) is 12.1. The van der Waals surface area contributed by atoms with Gasteiger partial charge in [-0.05, 0) is 77.1 Å². The minimum absolute atomic E-state index is 0.240. The largest absolute Gasteiger partial charge is 0.492 e. The van der Waals surface area contributed by atoms with Crippen LogP contribution in [0.3, 0.4) is 0 Å². The first-order chi connectivity index (χ1) is 19.7. The molecule has 2 aromatic heterocycles. The SMILES string of the molecule is Cc1ccc(OCCN(C)c2ccc(-c3cnc(C)c([C@H](OC(C)(C)C)C(=O)O)c3N3CCC(C)(C)CC3)cn2)cc1. The second kappa shape index (κ2) is 12.7. The van der Waals surface area contributed by atoms with Gasteiger partial charge in [0.1, 0.15) is 18.2 Å². The van der Waals surface area contributed by atoms with E-state index in [1.807, 2.05) is 83.5 Å². The third-order valence-electron chi connectivity index (χ3n) is 7.84. The van der Waals surface area contributed by atoms with E-state index in [1.54, 1.807) is 0 Å². The van der Waals surface area contributed by atoms with Gasteiger partial charge in [0.15, 0.2) is 6.10 Å². The number of nitrogens with zero attached hydrogens (tertiary/aromatic N) is 4. The molecule has 8 nitrogen and oxygen atoms in total. The number of aryl methyl sites for hydroxylation is 2. The molecule has 1 aromatic carbocycles. The Morgan fingerprint density at radius 2 is 1.71 bits per heavy atom. The van der Waals surface area contributed by atoms with Crippen molar-refractivity contribution < 1.29 is 19.4 Å². The van der Waals surface area contributed by atoms with Crippen molar-refractivity contribution in [2.24, 2.45) is 5.41 Å². The van der Waals surface area contributed by atoms with Crippen LogP contribution in [0, 0.1) is 19.3 Å². The summed E-state index contributed by atoms with van der Waals surface area (Å²) in [5.41, 5.74) is 4.70. The van der Waals surface area contributed by atoms with Crippen LogP contribution in [0.15, 0.2) is 48.8 Å². The second-order valence-corrected chi connectivity index (χ2v) is 13.1. The lowest BCUT2D eigenvalue weighted by Gasteiger charge is -2.41. The number of anilines is 2. The van der Waals surface area contributed by atoms with Gasteiger partial charge in [-0.2, -0.15) is 0 Å². The lowest BCUT2D eigenvalue weighted by molar-refractivity contribution is -0.160. The van der Waals surface area contributed by atoms with Crippen molar-refractivity contribution in [2.45, 2.75) is 73.0 Å². The second-order valence-electron chi connectivity index (χ2n) is 13.1. The molecule has 3 aromatic rings. The minimum atomic E-state index is -1.14. The van der Waals surface area contributed by atoms with Crippen molar-refractivity contribution in [1.29, 1.82) is 0 Å². The molecular formula is C34H46N4O4. The summed E-state index contributed by atoms with van der Waals surface area (Å²) in [5.74, 6) is 0.657. The average Bonchev–Trinajstić information content (AvgIpc) is 2.92. The summed E-state index contributed by atoms with van der Waals surface area (Å²) >= 11 is 0. The van der Waals surface area contributed by atoms with Gasteiger partial charge >= 0.3 is 5.97 Å². The quantitative estimate of drug-likeness (QED) is 0.282. The van der Waals surface area contributed by atoms with Crippen molar-refractivity contribution in [1.82, 2.24) is 9.97 Å². The van der Waals surface area contributed by atoms with Crippen LogP contribution in [-0.2, 0) is 9.53 Å². The summed E-state index contributed by atoms with van der Waals surface area (Å²) in [7, 11) is 1.99. The van der Waals surface area contributed by atoms with Crippen LogP contribution in [0.4, 0.5) is 11.5 Å². The highest BCUT2D eigenvalue weighted by molar-refractivity contribution is 5.86. The molecule has 1 aliphatic heterocycles.